The van der Waals surface area contributed by atoms with Crippen molar-refractivity contribution in [3.05, 3.63) is 35.6 Å². The van der Waals surface area contributed by atoms with Gasteiger partial charge in [0.2, 0.25) is 5.91 Å². The smallest absolute Gasteiger partial charge is 0.224 e. The zero-order valence-electron chi connectivity index (χ0n) is 11.1. The topological polar surface area (TPSA) is 29.1 Å². The van der Waals surface area contributed by atoms with Gasteiger partial charge in [-0.15, -0.1) is 0 Å². The van der Waals surface area contributed by atoms with E-state index in [2.05, 4.69) is 30.5 Å². The normalized spacial score (nSPS) is 20.8. The molecule has 0 aromatic carbocycles. The van der Waals surface area contributed by atoms with Gasteiger partial charge in [0, 0.05) is 12.1 Å². The zero-order valence-corrected chi connectivity index (χ0v) is 11.1. The maximum absolute atomic E-state index is 11.5. The number of unbranched alkanes of at least 4 members (excludes halogenated alkanes) is 1. The highest BCUT2D eigenvalue weighted by atomic mass is 16.1. The lowest BCUT2D eigenvalue weighted by Crippen LogP contribution is -2.19. The van der Waals surface area contributed by atoms with E-state index < -0.39 is 0 Å². The van der Waals surface area contributed by atoms with E-state index >= 15 is 0 Å². The monoisotopic (exact) mass is 233 g/mol. The predicted octanol–water partition coefficient (Wildman–Crippen LogP) is 3.72. The standard InChI is InChI=1S/C15H23NO/c1-4-5-6-7-13-8-9-15(17)16-14(11-13)10-12(2)3/h6-7,10-11,13H,4-5,8-9H2,1-3H3,(H,16,17)/b7-6-. The van der Waals surface area contributed by atoms with Crippen LogP contribution in [0.2, 0.25) is 0 Å². The predicted molar refractivity (Wildman–Crippen MR) is 72.4 cm³/mol. The van der Waals surface area contributed by atoms with E-state index in [9.17, 15) is 4.79 Å². The second kappa shape index (κ2) is 7.10. The number of rotatable bonds is 4. The van der Waals surface area contributed by atoms with Crippen LogP contribution in [0.1, 0.15) is 46.5 Å². The lowest BCUT2D eigenvalue weighted by molar-refractivity contribution is -0.120. The largest absolute Gasteiger partial charge is 0.326 e. The second-order valence-corrected chi connectivity index (χ2v) is 4.81. The number of amides is 1. The van der Waals surface area contributed by atoms with Gasteiger partial charge in [-0.05, 0) is 38.7 Å². The van der Waals surface area contributed by atoms with Gasteiger partial charge in [0.05, 0.1) is 0 Å². The molecule has 2 nitrogen and oxygen atoms in total. The van der Waals surface area contributed by atoms with Crippen molar-refractivity contribution in [3.8, 4) is 0 Å². The van der Waals surface area contributed by atoms with E-state index in [0.717, 1.165) is 18.5 Å². The summed E-state index contributed by atoms with van der Waals surface area (Å²) in [6, 6.07) is 0. The van der Waals surface area contributed by atoms with Gasteiger partial charge in [0.1, 0.15) is 0 Å². The van der Waals surface area contributed by atoms with E-state index in [4.69, 9.17) is 0 Å². The number of hydrogen-bond acceptors (Lipinski definition) is 1. The third-order valence-electron chi connectivity index (χ3n) is 2.66. The molecule has 0 saturated heterocycles. The molecule has 0 spiro atoms. The molecule has 1 heterocycles. The van der Waals surface area contributed by atoms with E-state index in [1.807, 2.05) is 19.9 Å². The van der Waals surface area contributed by atoms with Crippen LogP contribution < -0.4 is 5.32 Å². The summed E-state index contributed by atoms with van der Waals surface area (Å²) in [7, 11) is 0. The number of carbonyl (C=O) groups is 1. The molecule has 0 aliphatic carbocycles. The molecule has 0 fully saturated rings. The van der Waals surface area contributed by atoms with Gasteiger partial charge in [-0.1, -0.05) is 37.1 Å². The van der Waals surface area contributed by atoms with Crippen molar-refractivity contribution in [1.29, 1.82) is 0 Å². The molecule has 0 bridgehead atoms. The van der Waals surface area contributed by atoms with Gasteiger partial charge in [-0.2, -0.15) is 0 Å². The minimum absolute atomic E-state index is 0.125. The van der Waals surface area contributed by atoms with Crippen molar-refractivity contribution in [2.75, 3.05) is 0 Å². The Kier molecular flexibility index (Phi) is 5.75. The maximum atomic E-state index is 11.5. The number of carbonyl (C=O) groups excluding carboxylic acids is 1. The molecule has 1 aliphatic heterocycles. The highest BCUT2D eigenvalue weighted by Crippen LogP contribution is 2.17. The molecule has 2 heteroatoms. The molecular weight excluding hydrogens is 210 g/mol. The molecule has 0 radical (unpaired) electrons. The van der Waals surface area contributed by atoms with Crippen molar-refractivity contribution in [3.63, 3.8) is 0 Å². The van der Waals surface area contributed by atoms with Crippen LogP contribution in [0.3, 0.4) is 0 Å². The maximum Gasteiger partial charge on any atom is 0.224 e. The summed E-state index contributed by atoms with van der Waals surface area (Å²) in [6.45, 7) is 6.26. The fourth-order valence-corrected chi connectivity index (χ4v) is 1.86. The molecule has 1 unspecified atom stereocenters. The van der Waals surface area contributed by atoms with Crippen LogP contribution in [-0.2, 0) is 4.79 Å². The van der Waals surface area contributed by atoms with Crippen molar-refractivity contribution in [2.24, 2.45) is 5.92 Å². The lowest BCUT2D eigenvalue weighted by Gasteiger charge is -2.04. The van der Waals surface area contributed by atoms with Crippen molar-refractivity contribution < 1.29 is 4.79 Å². The quantitative estimate of drug-likeness (QED) is 0.737. The molecular formula is C15H23NO. The number of hydrogen-bond donors (Lipinski definition) is 1. The first-order valence-corrected chi connectivity index (χ1v) is 6.45. The van der Waals surface area contributed by atoms with Crippen molar-refractivity contribution in [1.82, 2.24) is 5.32 Å². The molecule has 0 aromatic rings. The third kappa shape index (κ3) is 5.53. The van der Waals surface area contributed by atoms with Gasteiger partial charge >= 0.3 is 0 Å². The second-order valence-electron chi connectivity index (χ2n) is 4.81. The van der Waals surface area contributed by atoms with E-state index in [-0.39, 0.29) is 5.91 Å². The summed E-state index contributed by atoms with van der Waals surface area (Å²) in [5.74, 6) is 0.506. The lowest BCUT2D eigenvalue weighted by atomic mass is 10.0. The van der Waals surface area contributed by atoms with Gasteiger partial charge in [-0.3, -0.25) is 4.79 Å². The molecule has 1 amide bonds. The Balaban J connectivity index is 2.76. The molecule has 94 valence electrons. The Hall–Kier alpha value is -1.31. The molecule has 1 rings (SSSR count). The first-order chi connectivity index (χ1) is 8.11. The fourth-order valence-electron chi connectivity index (χ4n) is 1.86. The van der Waals surface area contributed by atoms with Crippen LogP contribution >= 0.6 is 0 Å². The Morgan fingerprint density at radius 2 is 2.29 bits per heavy atom. The zero-order chi connectivity index (χ0) is 12.7. The van der Waals surface area contributed by atoms with E-state index in [0.29, 0.717) is 12.3 Å². The van der Waals surface area contributed by atoms with Crippen molar-refractivity contribution in [2.45, 2.75) is 46.5 Å². The summed E-state index contributed by atoms with van der Waals surface area (Å²) in [4.78, 5) is 11.5. The molecule has 1 aliphatic rings. The Morgan fingerprint density at radius 1 is 1.53 bits per heavy atom. The molecule has 1 atom stereocenters. The van der Waals surface area contributed by atoms with Gasteiger partial charge < -0.3 is 5.32 Å². The first-order valence-electron chi connectivity index (χ1n) is 6.45. The summed E-state index contributed by atoms with van der Waals surface area (Å²) in [5.41, 5.74) is 2.15. The molecule has 17 heavy (non-hydrogen) atoms. The molecule has 0 aromatic heterocycles. The Bertz CT molecular complexity index is 346. The SMILES string of the molecule is CCC/C=C\C1C=C(C=C(C)C)NC(=O)CC1. The third-order valence-corrected chi connectivity index (χ3v) is 2.66. The minimum Gasteiger partial charge on any atom is -0.326 e. The van der Waals surface area contributed by atoms with Crippen LogP contribution in [0.4, 0.5) is 0 Å². The fraction of sp³-hybridized carbons (Fsp3) is 0.533. The van der Waals surface area contributed by atoms with Crippen LogP contribution in [0, 0.1) is 5.92 Å². The number of nitrogens with one attached hydrogen (secondary N) is 1. The molecule has 1 N–H and O–H groups in total. The summed E-state index contributed by atoms with van der Waals surface area (Å²) in [6.07, 6.45) is 12.4. The Labute approximate surface area is 104 Å². The van der Waals surface area contributed by atoms with Gasteiger partial charge in [-0.25, -0.2) is 0 Å². The Morgan fingerprint density at radius 3 is 2.94 bits per heavy atom. The van der Waals surface area contributed by atoms with Crippen LogP contribution in [-0.4, -0.2) is 5.91 Å². The highest BCUT2D eigenvalue weighted by molar-refractivity contribution is 5.78. The van der Waals surface area contributed by atoms with Crippen LogP contribution in [0.5, 0.6) is 0 Å². The average molecular weight is 233 g/mol. The highest BCUT2D eigenvalue weighted by Gasteiger charge is 2.13. The first kappa shape index (κ1) is 13.8. The van der Waals surface area contributed by atoms with Crippen LogP contribution in [0.25, 0.3) is 0 Å². The van der Waals surface area contributed by atoms with E-state index in [1.54, 1.807) is 0 Å². The summed E-state index contributed by atoms with van der Waals surface area (Å²) >= 11 is 0. The average Bonchev–Trinajstić information content (AvgIpc) is 2.40. The number of allylic oxidation sites excluding steroid dienone is 5. The summed E-state index contributed by atoms with van der Waals surface area (Å²) < 4.78 is 0. The molecule has 0 saturated carbocycles. The summed E-state index contributed by atoms with van der Waals surface area (Å²) in [5, 5.41) is 2.94. The minimum atomic E-state index is 0.125. The van der Waals surface area contributed by atoms with Crippen LogP contribution in [0.15, 0.2) is 35.6 Å². The van der Waals surface area contributed by atoms with E-state index in [1.165, 1.54) is 12.0 Å². The van der Waals surface area contributed by atoms with Gasteiger partial charge in [0.15, 0.2) is 0 Å². The van der Waals surface area contributed by atoms with Gasteiger partial charge in [0.25, 0.3) is 0 Å². The van der Waals surface area contributed by atoms with Crippen molar-refractivity contribution >= 4 is 5.91 Å².